The molecule has 135 heavy (non-hydrogen) atoms. The van der Waals surface area contributed by atoms with E-state index in [9.17, 15) is 0 Å². The third-order valence-corrected chi connectivity index (χ3v) is 25.5. The highest BCUT2D eigenvalue weighted by Crippen LogP contribution is 2.44. The molecule has 27 aromatic rings. The van der Waals surface area contributed by atoms with Crippen molar-refractivity contribution in [2.24, 2.45) is 0 Å². The van der Waals surface area contributed by atoms with E-state index in [0.717, 1.165) is 198 Å². The van der Waals surface area contributed by atoms with Gasteiger partial charge in [0.1, 0.15) is 33.5 Å². The highest BCUT2D eigenvalue weighted by molar-refractivity contribution is 6.12. The first kappa shape index (κ1) is 78.8. The molecule has 0 atom stereocenters. The molecule has 0 unspecified atom stereocenters. The Morgan fingerprint density at radius 1 is 0.111 bits per heavy atom. The number of fused-ring (bicyclic) bond motifs is 15. The van der Waals surface area contributed by atoms with Crippen LogP contribution in [0.5, 0.6) is 0 Å². The second-order valence-corrected chi connectivity index (χ2v) is 33.9. The summed E-state index contributed by atoms with van der Waals surface area (Å²) in [5, 5.41) is 20.5. The molecular formula is C123H75N9O3. The van der Waals surface area contributed by atoms with Crippen LogP contribution in [0.15, 0.2) is 468 Å². The standard InChI is InChI=1S/C45H27N3O.C41H25N3O.C37H23N3O/c1-3-11-30-23-34(19-17-28(30)9-1)43-46-44(35-20-18-29-10-2-4-12-31(29)24-35)48-45(47-43)36-25-32-13-5-6-14-37(32)39(27-36)33-21-22-42-40(26-33)38-15-7-8-16-41(38)49-42;1-2-11-27(12-3-1)39-42-40(31-19-18-26-10-4-5-13-28(26)22-31)44-41(43-39)32-23-29-14-6-7-15-33(29)36(24-32)30-20-21-35-34-16-8-9-17-37(34)45-38(35)25-30;1-3-11-24(12-4-1)35-38-36(25-13-5-2-6-14-25)40-37(39-35)28-21-26-15-7-8-16-29(26)32(22-28)27-19-20-31-30-17-9-10-18-33(30)41-34(31)23-27/h1-27H;1-25H;1-23H. The molecule has 12 nitrogen and oxygen atoms in total. The van der Waals surface area contributed by atoms with E-state index in [0.29, 0.717) is 52.4 Å². The van der Waals surface area contributed by atoms with Crippen molar-refractivity contribution in [3.63, 3.8) is 0 Å². The molecule has 12 heteroatoms. The predicted molar refractivity (Wildman–Crippen MR) is 552 cm³/mol. The molecule has 27 rings (SSSR count). The topological polar surface area (TPSA) is 155 Å². The molecule has 0 N–H and O–H groups in total. The predicted octanol–water partition coefficient (Wildman–Crippen LogP) is 32.2. The summed E-state index contributed by atoms with van der Waals surface area (Å²) in [5.74, 6) is 5.74. The fourth-order valence-corrected chi connectivity index (χ4v) is 18.8. The Morgan fingerprint density at radius 3 is 0.674 bits per heavy atom. The molecule has 0 saturated heterocycles. The number of benzene rings is 21. The van der Waals surface area contributed by atoms with Gasteiger partial charge in [0, 0.05) is 82.4 Å². The molecule has 6 heterocycles. The minimum atomic E-state index is 0.628. The van der Waals surface area contributed by atoms with Gasteiger partial charge in [0.25, 0.3) is 0 Å². The summed E-state index contributed by atoms with van der Waals surface area (Å²) in [6.45, 7) is 0. The molecule has 630 valence electrons. The molecule has 0 bridgehead atoms. The molecule has 0 spiro atoms. The van der Waals surface area contributed by atoms with Gasteiger partial charge in [0.05, 0.1) is 0 Å². The Balaban J connectivity index is 0.000000108. The average molecular weight is 1730 g/mol. The van der Waals surface area contributed by atoms with E-state index in [4.69, 9.17) is 58.1 Å². The number of aromatic nitrogens is 9. The van der Waals surface area contributed by atoms with Crippen LogP contribution in [0, 0.1) is 0 Å². The number of hydrogen-bond acceptors (Lipinski definition) is 12. The highest BCUT2D eigenvalue weighted by atomic mass is 16.3. The van der Waals surface area contributed by atoms with Crippen LogP contribution in [0.1, 0.15) is 0 Å². The van der Waals surface area contributed by atoms with E-state index in [1.54, 1.807) is 0 Å². The minimum Gasteiger partial charge on any atom is -0.456 e. The molecule has 0 aliphatic carbocycles. The van der Waals surface area contributed by atoms with E-state index in [2.05, 4.69) is 315 Å². The second kappa shape index (κ2) is 33.6. The van der Waals surface area contributed by atoms with Crippen LogP contribution in [0.3, 0.4) is 0 Å². The van der Waals surface area contributed by atoms with Crippen molar-refractivity contribution < 1.29 is 13.3 Å². The van der Waals surface area contributed by atoms with Gasteiger partial charge in [-0.15, -0.1) is 0 Å². The normalized spacial score (nSPS) is 11.6. The molecule has 0 amide bonds. The number of para-hydroxylation sites is 3. The van der Waals surface area contributed by atoms with Gasteiger partial charge >= 0.3 is 0 Å². The summed E-state index contributed by atoms with van der Waals surface area (Å²) in [7, 11) is 0. The minimum absolute atomic E-state index is 0.628. The molecule has 0 aliphatic heterocycles. The van der Waals surface area contributed by atoms with Crippen molar-refractivity contribution in [3.8, 4) is 136 Å². The van der Waals surface area contributed by atoms with Crippen LogP contribution in [-0.4, -0.2) is 44.9 Å². The summed E-state index contributed by atoms with van der Waals surface area (Å²) in [5.41, 5.74) is 20.3. The van der Waals surface area contributed by atoms with E-state index in [1.807, 2.05) is 140 Å². The summed E-state index contributed by atoms with van der Waals surface area (Å²) < 4.78 is 18.7. The highest BCUT2D eigenvalue weighted by Gasteiger charge is 2.23. The van der Waals surface area contributed by atoms with Crippen molar-refractivity contribution in [1.29, 1.82) is 0 Å². The molecule has 0 radical (unpaired) electrons. The Kier molecular flexibility index (Phi) is 19.6. The van der Waals surface area contributed by atoms with Gasteiger partial charge in [-0.3, -0.25) is 0 Å². The zero-order chi connectivity index (χ0) is 89.2. The molecule has 6 aromatic heterocycles. The van der Waals surface area contributed by atoms with Crippen molar-refractivity contribution in [1.82, 2.24) is 44.9 Å². The van der Waals surface area contributed by atoms with E-state index in [1.165, 1.54) is 16.2 Å². The first-order valence-corrected chi connectivity index (χ1v) is 45.1. The lowest BCUT2D eigenvalue weighted by molar-refractivity contribution is 0.668. The summed E-state index contributed by atoms with van der Waals surface area (Å²) >= 11 is 0. The van der Waals surface area contributed by atoms with E-state index in [-0.39, 0.29) is 0 Å². The zero-order valence-corrected chi connectivity index (χ0v) is 72.6. The lowest BCUT2D eigenvalue weighted by atomic mass is 9.94. The number of hydrogen-bond donors (Lipinski definition) is 0. The molecular weight excluding hydrogens is 1650 g/mol. The Bertz CT molecular complexity index is 9200. The summed E-state index contributed by atoms with van der Waals surface area (Å²) in [4.78, 5) is 45.3. The van der Waals surface area contributed by atoms with Gasteiger partial charge in [-0.2, -0.15) is 0 Å². The summed E-state index contributed by atoms with van der Waals surface area (Å²) in [6.07, 6.45) is 0. The SMILES string of the molecule is c1ccc(-c2nc(-c3ccc4ccccc4c3)nc(-c3cc(-c4ccc5c(c4)oc4ccccc45)c4ccccc4c3)n2)cc1.c1ccc(-c2nc(-c3ccccc3)nc(-c3cc(-c4ccc5c(c4)oc4ccccc45)c4ccccc4c3)n2)cc1.c1ccc2cc(-c3nc(-c4ccc5ccccc5c4)nc(-c4cc(-c5ccc6oc7ccccc7c6c5)c5ccccc5c4)n3)ccc2c1. The molecule has 0 saturated carbocycles. The largest absolute Gasteiger partial charge is 0.456 e. The van der Waals surface area contributed by atoms with Crippen molar-refractivity contribution in [2.75, 3.05) is 0 Å². The molecule has 21 aromatic carbocycles. The zero-order valence-electron chi connectivity index (χ0n) is 72.6. The first-order valence-electron chi connectivity index (χ1n) is 45.1. The van der Waals surface area contributed by atoms with Crippen molar-refractivity contribution in [3.05, 3.63) is 455 Å². The van der Waals surface area contributed by atoms with Crippen LogP contribution in [-0.2, 0) is 0 Å². The lowest BCUT2D eigenvalue weighted by Gasteiger charge is -2.13. The van der Waals surface area contributed by atoms with Crippen molar-refractivity contribution >= 4 is 130 Å². The third-order valence-electron chi connectivity index (χ3n) is 25.5. The van der Waals surface area contributed by atoms with Crippen LogP contribution >= 0.6 is 0 Å². The van der Waals surface area contributed by atoms with Gasteiger partial charge < -0.3 is 13.3 Å². The van der Waals surface area contributed by atoms with E-state index >= 15 is 0 Å². The smallest absolute Gasteiger partial charge is 0.164 e. The van der Waals surface area contributed by atoms with Gasteiger partial charge in [-0.25, -0.2) is 44.9 Å². The maximum absolute atomic E-state index is 6.27. The Hall–Kier alpha value is -18.4. The molecule has 0 fully saturated rings. The number of furan rings is 3. The average Bonchev–Trinajstić information content (AvgIpc) is 1.14. The summed E-state index contributed by atoms with van der Waals surface area (Å²) in [6, 6.07) is 157. The van der Waals surface area contributed by atoms with Crippen LogP contribution < -0.4 is 0 Å². The second-order valence-electron chi connectivity index (χ2n) is 33.9. The van der Waals surface area contributed by atoms with Crippen LogP contribution in [0.4, 0.5) is 0 Å². The lowest BCUT2D eigenvalue weighted by Crippen LogP contribution is -2.00. The first-order chi connectivity index (χ1) is 66.8. The van der Waals surface area contributed by atoms with Gasteiger partial charge in [-0.1, -0.05) is 346 Å². The van der Waals surface area contributed by atoms with E-state index < -0.39 is 0 Å². The fraction of sp³-hybridized carbons (Fsp3) is 0. The van der Waals surface area contributed by atoms with Crippen LogP contribution in [0.25, 0.3) is 266 Å². The Labute approximate surface area is 774 Å². The fourth-order valence-electron chi connectivity index (χ4n) is 18.8. The van der Waals surface area contributed by atoms with Crippen LogP contribution in [0.2, 0.25) is 0 Å². The van der Waals surface area contributed by atoms with Gasteiger partial charge in [0.2, 0.25) is 0 Å². The van der Waals surface area contributed by atoms with Crippen molar-refractivity contribution in [2.45, 2.75) is 0 Å². The Morgan fingerprint density at radius 2 is 0.333 bits per heavy atom. The van der Waals surface area contributed by atoms with Gasteiger partial charge in [-0.05, 0) is 207 Å². The maximum Gasteiger partial charge on any atom is 0.164 e. The monoisotopic (exact) mass is 1730 g/mol. The van der Waals surface area contributed by atoms with Gasteiger partial charge in [0.15, 0.2) is 52.4 Å². The quantitative estimate of drug-likeness (QED) is 0.114. The maximum atomic E-state index is 6.27. The third kappa shape index (κ3) is 15.1. The number of nitrogens with zero attached hydrogens (tertiary/aromatic N) is 9. The number of rotatable bonds is 12. The molecule has 0 aliphatic rings.